The van der Waals surface area contributed by atoms with Crippen molar-refractivity contribution in [3.8, 4) is 0 Å². The fourth-order valence-electron chi connectivity index (χ4n) is 1.76. The van der Waals surface area contributed by atoms with E-state index in [1.807, 2.05) is 0 Å². The molecule has 0 aromatic carbocycles. The van der Waals surface area contributed by atoms with E-state index in [9.17, 15) is 24.8 Å². The number of hydrogen-bond acceptors (Lipinski definition) is 5. The molecule has 1 N–H and O–H groups in total. The van der Waals surface area contributed by atoms with E-state index in [0.717, 1.165) is 0 Å². The van der Waals surface area contributed by atoms with Crippen LogP contribution >= 0.6 is 0 Å². The third-order valence-corrected chi connectivity index (χ3v) is 2.56. The minimum absolute atomic E-state index is 0.305. The van der Waals surface area contributed by atoms with Crippen molar-refractivity contribution in [1.29, 1.82) is 0 Å². The van der Waals surface area contributed by atoms with Gasteiger partial charge >= 0.3 is 0 Å². The molecule has 6 heteroatoms. The third kappa shape index (κ3) is 2.41. The average molecular weight is 239 g/mol. The summed E-state index contributed by atoms with van der Waals surface area (Å²) >= 11 is 0. The number of allylic oxidation sites excluding steroid dienone is 2. The molecule has 92 valence electrons. The summed E-state index contributed by atoms with van der Waals surface area (Å²) < 4.78 is 0. The van der Waals surface area contributed by atoms with Gasteiger partial charge in [0, 0.05) is 10.3 Å². The Labute approximate surface area is 97.8 Å². The summed E-state index contributed by atoms with van der Waals surface area (Å²) in [4.78, 5) is 32.7. The summed E-state index contributed by atoms with van der Waals surface area (Å²) in [5.74, 6) is -2.01. The number of carbonyl (C=O) groups excluding carboxylic acids is 2. The van der Waals surface area contributed by atoms with Crippen molar-refractivity contribution in [3.05, 3.63) is 33.1 Å². The monoisotopic (exact) mass is 239 g/mol. The number of nitro groups is 1. The molecular weight excluding hydrogens is 226 g/mol. The normalized spacial score (nSPS) is 19.0. The van der Waals surface area contributed by atoms with Gasteiger partial charge in [0.2, 0.25) is 5.78 Å². The summed E-state index contributed by atoms with van der Waals surface area (Å²) in [7, 11) is 0. The Kier molecular flexibility index (Phi) is 3.17. The van der Waals surface area contributed by atoms with Crippen molar-refractivity contribution < 1.29 is 19.6 Å². The van der Waals surface area contributed by atoms with Gasteiger partial charge in [-0.15, -0.1) is 0 Å². The van der Waals surface area contributed by atoms with Gasteiger partial charge in [-0.2, -0.15) is 0 Å². The van der Waals surface area contributed by atoms with Crippen molar-refractivity contribution >= 4 is 11.6 Å². The predicted molar refractivity (Wildman–Crippen MR) is 59.1 cm³/mol. The highest BCUT2D eigenvalue weighted by Crippen LogP contribution is 2.35. The lowest BCUT2D eigenvalue weighted by Crippen LogP contribution is -2.30. The predicted octanol–water partition coefficient (Wildman–Crippen LogP) is 1.20. The van der Waals surface area contributed by atoms with Crippen molar-refractivity contribution in [3.63, 3.8) is 0 Å². The summed E-state index contributed by atoms with van der Waals surface area (Å²) in [6.45, 7) is 3.76. The highest BCUT2D eigenvalue weighted by atomic mass is 16.6. The molecular formula is C11H13NO5. The van der Waals surface area contributed by atoms with Gasteiger partial charge in [-0.1, -0.05) is 6.08 Å². The molecule has 0 atom stereocenters. The maximum absolute atomic E-state index is 11.7. The molecule has 0 aromatic rings. The zero-order valence-electron chi connectivity index (χ0n) is 9.81. The largest absolute Gasteiger partial charge is 0.510 e. The molecule has 1 aliphatic rings. The molecule has 0 aliphatic heterocycles. The Bertz CT molecular complexity index is 470. The van der Waals surface area contributed by atoms with Crippen LogP contribution in [0.1, 0.15) is 20.8 Å². The van der Waals surface area contributed by atoms with Gasteiger partial charge in [0.25, 0.3) is 6.54 Å². The lowest BCUT2D eigenvalue weighted by Gasteiger charge is -2.26. The second kappa shape index (κ2) is 4.12. The number of ketones is 2. The molecule has 1 rings (SSSR count). The van der Waals surface area contributed by atoms with Crippen LogP contribution in [0.3, 0.4) is 0 Å². The summed E-state index contributed by atoms with van der Waals surface area (Å²) in [5, 5.41) is 20.1. The van der Waals surface area contributed by atoms with Gasteiger partial charge < -0.3 is 5.11 Å². The Morgan fingerprint density at radius 3 is 2.53 bits per heavy atom. The van der Waals surface area contributed by atoms with Crippen molar-refractivity contribution in [2.45, 2.75) is 20.8 Å². The Balaban J connectivity index is 3.24. The van der Waals surface area contributed by atoms with Crippen LogP contribution in [0.15, 0.2) is 23.0 Å². The van der Waals surface area contributed by atoms with Crippen molar-refractivity contribution in [2.24, 2.45) is 5.41 Å². The van der Waals surface area contributed by atoms with E-state index in [0.29, 0.717) is 5.57 Å². The maximum Gasteiger partial charge on any atom is 0.266 e. The van der Waals surface area contributed by atoms with E-state index in [1.54, 1.807) is 13.8 Å². The van der Waals surface area contributed by atoms with Crippen LogP contribution in [0.5, 0.6) is 0 Å². The first-order chi connectivity index (χ1) is 7.66. The number of hydrogen-bond donors (Lipinski definition) is 1. The first-order valence-electron chi connectivity index (χ1n) is 4.99. The van der Waals surface area contributed by atoms with Crippen LogP contribution in [-0.4, -0.2) is 28.1 Å². The Hall–Kier alpha value is -1.98. The zero-order valence-corrected chi connectivity index (χ0v) is 9.81. The van der Waals surface area contributed by atoms with Crippen LogP contribution in [-0.2, 0) is 9.59 Å². The van der Waals surface area contributed by atoms with Crippen LogP contribution in [0.25, 0.3) is 0 Å². The third-order valence-electron chi connectivity index (χ3n) is 2.56. The quantitative estimate of drug-likeness (QED) is 0.453. The molecule has 0 fully saturated rings. The number of Topliss-reactive ketones (excluding diaryl/α,β-unsaturated/α-hetero) is 2. The lowest BCUT2D eigenvalue weighted by atomic mass is 9.78. The first-order valence-corrected chi connectivity index (χ1v) is 4.99. The van der Waals surface area contributed by atoms with Crippen molar-refractivity contribution in [1.82, 2.24) is 0 Å². The molecule has 0 radical (unpaired) electrons. The van der Waals surface area contributed by atoms with E-state index in [-0.39, 0.29) is 0 Å². The average Bonchev–Trinajstić information content (AvgIpc) is 2.13. The van der Waals surface area contributed by atoms with E-state index >= 15 is 0 Å². The van der Waals surface area contributed by atoms with Crippen LogP contribution < -0.4 is 0 Å². The van der Waals surface area contributed by atoms with E-state index in [2.05, 4.69) is 0 Å². The second-order valence-electron chi connectivity index (χ2n) is 4.52. The lowest BCUT2D eigenvalue weighted by molar-refractivity contribution is -0.466. The molecule has 0 bridgehead atoms. The highest BCUT2D eigenvalue weighted by molar-refractivity contribution is 6.27. The Morgan fingerprint density at radius 2 is 2.06 bits per heavy atom. The number of carbonyl (C=O) groups is 2. The summed E-state index contributed by atoms with van der Waals surface area (Å²) in [6, 6.07) is 0. The van der Waals surface area contributed by atoms with Gasteiger partial charge in [0.1, 0.15) is 11.3 Å². The van der Waals surface area contributed by atoms with Gasteiger partial charge in [-0.25, -0.2) is 0 Å². The molecule has 17 heavy (non-hydrogen) atoms. The fraction of sp³-hybridized carbons (Fsp3) is 0.455. The molecule has 1 aliphatic carbocycles. The summed E-state index contributed by atoms with van der Waals surface area (Å²) in [5.41, 5.74) is -1.02. The minimum atomic E-state index is -0.992. The molecule has 0 amide bonds. The first kappa shape index (κ1) is 13.1. The molecule has 0 saturated heterocycles. The molecule has 0 unspecified atom stereocenters. The number of rotatable bonds is 3. The smallest absolute Gasteiger partial charge is 0.266 e. The topological polar surface area (TPSA) is 97.5 Å². The van der Waals surface area contributed by atoms with E-state index in [1.165, 1.54) is 13.0 Å². The van der Waals surface area contributed by atoms with E-state index < -0.39 is 39.8 Å². The van der Waals surface area contributed by atoms with Gasteiger partial charge in [0.15, 0.2) is 5.78 Å². The standard InChI is InChI=1S/C11H13NO5/c1-6-4-11(2,3)10(15)8(9(6)14)7(13)5-12(16)17/h4,15H,5H2,1-3H3. The molecule has 0 aromatic heterocycles. The van der Waals surface area contributed by atoms with Gasteiger partial charge in [0.05, 0.1) is 0 Å². The number of aliphatic hydroxyl groups is 1. The van der Waals surface area contributed by atoms with Crippen LogP contribution in [0.2, 0.25) is 0 Å². The molecule has 0 heterocycles. The Morgan fingerprint density at radius 1 is 1.53 bits per heavy atom. The molecule has 6 nitrogen and oxygen atoms in total. The van der Waals surface area contributed by atoms with Gasteiger partial charge in [-0.3, -0.25) is 19.7 Å². The molecule has 0 saturated carbocycles. The number of nitrogens with zero attached hydrogens (tertiary/aromatic N) is 1. The second-order valence-corrected chi connectivity index (χ2v) is 4.52. The van der Waals surface area contributed by atoms with Crippen LogP contribution in [0, 0.1) is 15.5 Å². The minimum Gasteiger partial charge on any atom is -0.510 e. The fourth-order valence-corrected chi connectivity index (χ4v) is 1.76. The molecule has 0 spiro atoms. The van der Waals surface area contributed by atoms with Gasteiger partial charge in [-0.05, 0) is 26.3 Å². The SMILES string of the molecule is CC1=CC(C)(C)C(O)=C(C(=O)C[N+](=O)[O-])C1=O. The zero-order chi connectivity index (χ0) is 13.4. The highest BCUT2D eigenvalue weighted by Gasteiger charge is 2.37. The maximum atomic E-state index is 11.7. The summed E-state index contributed by atoms with van der Waals surface area (Å²) in [6.07, 6.45) is 1.54. The van der Waals surface area contributed by atoms with Crippen molar-refractivity contribution in [2.75, 3.05) is 6.54 Å². The van der Waals surface area contributed by atoms with Crippen LogP contribution in [0.4, 0.5) is 0 Å². The van der Waals surface area contributed by atoms with E-state index in [4.69, 9.17) is 0 Å². The number of aliphatic hydroxyl groups excluding tert-OH is 1.